The number of rotatable bonds is 25. The molecule has 0 radical (unpaired) electrons. The molecule has 11 heteroatoms. The number of aliphatic carboxylic acids is 4. The highest BCUT2D eigenvalue weighted by molar-refractivity contribution is 7.58. The number of carbonyl (C=O) groups is 4. The third-order valence-electron chi connectivity index (χ3n) is 6.32. The van der Waals surface area contributed by atoms with Crippen LogP contribution in [-0.4, -0.2) is 81.5 Å². The van der Waals surface area contributed by atoms with Crippen molar-refractivity contribution in [3.8, 4) is 0 Å². The minimum Gasteiger partial charge on any atom is -0.481 e. The summed E-state index contributed by atoms with van der Waals surface area (Å²) in [5.74, 6) is -3.16. The van der Waals surface area contributed by atoms with Crippen LogP contribution in [0.15, 0.2) is 30.3 Å². The molecule has 4 N–H and O–H groups in total. The second-order valence-corrected chi connectivity index (χ2v) is 14.8. The molecule has 0 unspecified atom stereocenters. The SMILES string of the molecule is O=C(O)CCCCP(CCCCC(=O)O)CN(CP(CCCCC(=O)O)CCCCC(=O)O)c1ccccc1. The molecule has 0 aromatic heterocycles. The minimum atomic E-state index is -0.789. The van der Waals surface area contributed by atoms with Crippen molar-refractivity contribution in [3.05, 3.63) is 30.3 Å². The van der Waals surface area contributed by atoms with E-state index < -0.39 is 39.7 Å². The maximum Gasteiger partial charge on any atom is 0.303 e. The maximum atomic E-state index is 11.0. The van der Waals surface area contributed by atoms with Gasteiger partial charge in [-0.1, -0.05) is 34.0 Å². The molecule has 0 atom stereocenters. The second kappa shape index (κ2) is 21.6. The Morgan fingerprint density at radius 3 is 1.10 bits per heavy atom. The highest BCUT2D eigenvalue weighted by Crippen LogP contribution is 2.45. The van der Waals surface area contributed by atoms with E-state index in [4.69, 9.17) is 20.4 Å². The van der Waals surface area contributed by atoms with Gasteiger partial charge in [-0.25, -0.2) is 0 Å². The smallest absolute Gasteiger partial charge is 0.303 e. The summed E-state index contributed by atoms with van der Waals surface area (Å²) in [6, 6.07) is 10.2. The summed E-state index contributed by atoms with van der Waals surface area (Å²) in [5.41, 5.74) is 1.12. The summed E-state index contributed by atoms with van der Waals surface area (Å²) in [7, 11) is -0.940. The predicted octanol–water partition coefficient (Wildman–Crippen LogP) is 6.39. The number of carboxylic acids is 4. The van der Waals surface area contributed by atoms with Gasteiger partial charge in [0.1, 0.15) is 0 Å². The number of hydrogen-bond acceptors (Lipinski definition) is 5. The lowest BCUT2D eigenvalue weighted by Gasteiger charge is -2.33. The number of unbranched alkanes of at least 4 members (excludes halogenated alkanes) is 4. The molecule has 0 aliphatic carbocycles. The van der Waals surface area contributed by atoms with E-state index in [-0.39, 0.29) is 25.7 Å². The lowest BCUT2D eigenvalue weighted by Crippen LogP contribution is -2.26. The second-order valence-electron chi connectivity index (χ2n) is 9.80. The van der Waals surface area contributed by atoms with Crippen molar-refractivity contribution in [2.24, 2.45) is 0 Å². The zero-order valence-electron chi connectivity index (χ0n) is 22.9. The lowest BCUT2D eigenvalue weighted by molar-refractivity contribution is -0.138. The van der Waals surface area contributed by atoms with Crippen molar-refractivity contribution >= 4 is 45.4 Å². The maximum absolute atomic E-state index is 11.0. The average Bonchev–Trinajstić information content (AvgIpc) is 2.88. The van der Waals surface area contributed by atoms with Gasteiger partial charge in [-0.3, -0.25) is 19.2 Å². The van der Waals surface area contributed by atoms with Crippen LogP contribution in [0.4, 0.5) is 5.69 Å². The summed E-state index contributed by atoms with van der Waals surface area (Å²) in [6.07, 6.45) is 11.9. The van der Waals surface area contributed by atoms with Crippen LogP contribution in [0.2, 0.25) is 0 Å². The molecule has 1 aromatic rings. The molecule has 0 bridgehead atoms. The quantitative estimate of drug-likeness (QED) is 0.0755. The standard InChI is InChI=1S/C28H45NO8P2/c30-25(31)14-4-8-18-38(19-9-5-15-26(32)33)22-29(24-12-2-1-3-13-24)23-39(20-10-6-16-27(34)35)21-11-7-17-28(36)37/h1-3,12-13H,4-11,14-23H2,(H,30,31)(H,32,33)(H,34,35)(H,36,37). The van der Waals surface area contributed by atoms with Gasteiger partial charge in [0, 0.05) is 43.9 Å². The predicted molar refractivity (Wildman–Crippen MR) is 158 cm³/mol. The van der Waals surface area contributed by atoms with Crippen LogP contribution in [-0.2, 0) is 19.2 Å². The number of anilines is 1. The van der Waals surface area contributed by atoms with Crippen LogP contribution in [0.25, 0.3) is 0 Å². The van der Waals surface area contributed by atoms with Gasteiger partial charge in [0.2, 0.25) is 0 Å². The van der Waals surface area contributed by atoms with E-state index in [9.17, 15) is 19.2 Å². The molecule has 0 heterocycles. The molecule has 0 amide bonds. The van der Waals surface area contributed by atoms with Crippen molar-refractivity contribution in [2.75, 3.05) is 42.1 Å². The van der Waals surface area contributed by atoms with Crippen LogP contribution < -0.4 is 4.90 Å². The monoisotopic (exact) mass is 585 g/mol. The van der Waals surface area contributed by atoms with Crippen molar-refractivity contribution in [1.29, 1.82) is 0 Å². The normalized spacial score (nSPS) is 11.1. The molecule has 1 aromatic carbocycles. The fraction of sp³-hybridized carbons (Fsp3) is 0.643. The number of hydrogen-bond donors (Lipinski definition) is 4. The summed E-state index contributed by atoms with van der Waals surface area (Å²) < 4.78 is 0. The van der Waals surface area contributed by atoms with E-state index in [2.05, 4.69) is 17.0 Å². The number of nitrogens with zero attached hydrogens (tertiary/aromatic N) is 1. The molecule has 39 heavy (non-hydrogen) atoms. The third kappa shape index (κ3) is 19.5. The van der Waals surface area contributed by atoms with E-state index in [1.807, 2.05) is 18.2 Å². The highest BCUT2D eigenvalue weighted by Gasteiger charge is 2.19. The largest absolute Gasteiger partial charge is 0.481 e. The fourth-order valence-corrected chi connectivity index (χ4v) is 9.63. The molecule has 220 valence electrons. The van der Waals surface area contributed by atoms with Gasteiger partial charge in [-0.2, -0.15) is 0 Å². The summed E-state index contributed by atoms with van der Waals surface area (Å²) in [4.78, 5) is 46.3. The van der Waals surface area contributed by atoms with Crippen LogP contribution in [0.1, 0.15) is 77.0 Å². The van der Waals surface area contributed by atoms with Crippen LogP contribution in [0, 0.1) is 0 Å². The van der Waals surface area contributed by atoms with Crippen molar-refractivity contribution < 1.29 is 39.6 Å². The third-order valence-corrected chi connectivity index (χ3v) is 11.6. The Balaban J connectivity index is 2.96. The Bertz CT molecular complexity index is 761. The molecule has 0 saturated carbocycles. The van der Waals surface area contributed by atoms with Crippen molar-refractivity contribution in [3.63, 3.8) is 0 Å². The fourth-order valence-electron chi connectivity index (χ4n) is 4.28. The van der Waals surface area contributed by atoms with Gasteiger partial charge in [-0.05, 0) is 88.1 Å². The van der Waals surface area contributed by atoms with E-state index in [1.165, 1.54) is 0 Å². The average molecular weight is 586 g/mol. The minimum absolute atomic E-state index is 0.155. The highest BCUT2D eigenvalue weighted by atomic mass is 31.1. The Hall–Kier alpha value is -2.24. The van der Waals surface area contributed by atoms with E-state index >= 15 is 0 Å². The number of benzene rings is 1. The van der Waals surface area contributed by atoms with Crippen LogP contribution in [0.5, 0.6) is 0 Å². The van der Waals surface area contributed by atoms with Gasteiger partial charge in [0.25, 0.3) is 0 Å². The molecule has 0 spiro atoms. The van der Waals surface area contributed by atoms with Crippen molar-refractivity contribution in [2.45, 2.75) is 77.0 Å². The van der Waals surface area contributed by atoms with Crippen LogP contribution >= 0.6 is 15.8 Å². The Morgan fingerprint density at radius 1 is 0.513 bits per heavy atom. The topological polar surface area (TPSA) is 152 Å². The molecule has 0 saturated heterocycles. The van der Waals surface area contributed by atoms with E-state index in [0.717, 1.165) is 68.6 Å². The van der Waals surface area contributed by atoms with Gasteiger partial charge < -0.3 is 25.3 Å². The molecule has 9 nitrogen and oxygen atoms in total. The molecule has 1 rings (SSSR count). The zero-order chi connectivity index (χ0) is 28.9. The van der Waals surface area contributed by atoms with Gasteiger partial charge in [0.15, 0.2) is 0 Å². The Kier molecular flexibility index (Phi) is 19.2. The molecular formula is C28H45NO8P2. The first kappa shape index (κ1) is 34.8. The molecule has 0 fully saturated rings. The van der Waals surface area contributed by atoms with Crippen LogP contribution in [0.3, 0.4) is 0 Å². The molecule has 0 aliphatic rings. The van der Waals surface area contributed by atoms with Gasteiger partial charge >= 0.3 is 23.9 Å². The van der Waals surface area contributed by atoms with Gasteiger partial charge in [-0.15, -0.1) is 0 Å². The first-order valence-corrected chi connectivity index (χ1v) is 17.6. The Labute approximate surface area is 234 Å². The lowest BCUT2D eigenvalue weighted by atomic mass is 10.2. The first-order valence-electron chi connectivity index (χ1n) is 13.8. The first-order chi connectivity index (χ1) is 18.7. The van der Waals surface area contributed by atoms with E-state index in [1.54, 1.807) is 0 Å². The van der Waals surface area contributed by atoms with Gasteiger partial charge in [0.05, 0.1) is 0 Å². The summed E-state index contributed by atoms with van der Waals surface area (Å²) >= 11 is 0. The molecule has 0 aliphatic heterocycles. The Morgan fingerprint density at radius 2 is 0.821 bits per heavy atom. The molecular weight excluding hydrogens is 540 g/mol. The zero-order valence-corrected chi connectivity index (χ0v) is 24.7. The number of para-hydroxylation sites is 1. The summed E-state index contributed by atoms with van der Waals surface area (Å²) in [6.45, 7) is 0. The summed E-state index contributed by atoms with van der Waals surface area (Å²) in [5, 5.41) is 36.1. The number of carboxylic acid groups (broad SMARTS) is 4. The van der Waals surface area contributed by atoms with E-state index in [0.29, 0.717) is 25.7 Å². The van der Waals surface area contributed by atoms with Crippen molar-refractivity contribution in [1.82, 2.24) is 0 Å².